The van der Waals surface area contributed by atoms with Gasteiger partial charge in [-0.25, -0.2) is 0 Å². The normalized spacial score (nSPS) is 14.9. The number of likely N-dealkylation sites (tertiary alicyclic amines) is 1. The van der Waals surface area contributed by atoms with Gasteiger partial charge in [0.25, 0.3) is 5.91 Å². The number of para-hydroxylation sites is 1. The number of benzene rings is 2. The summed E-state index contributed by atoms with van der Waals surface area (Å²) in [6, 6.07) is 16.4. The van der Waals surface area contributed by atoms with E-state index in [-0.39, 0.29) is 5.91 Å². The van der Waals surface area contributed by atoms with Crippen LogP contribution < -0.4 is 5.32 Å². The summed E-state index contributed by atoms with van der Waals surface area (Å²) in [5.41, 5.74) is 3.39. The molecule has 1 aliphatic rings. The molecule has 0 aliphatic carbocycles. The van der Waals surface area contributed by atoms with E-state index < -0.39 is 0 Å². The molecule has 1 aromatic heterocycles. The first-order valence-electron chi connectivity index (χ1n) is 11.0. The zero-order valence-electron chi connectivity index (χ0n) is 18.1. The fraction of sp³-hybridized carbons (Fsp3) is 0.360. The first-order valence-corrected chi connectivity index (χ1v) is 11.8. The molecule has 6 heteroatoms. The Bertz CT molecular complexity index is 1060. The van der Waals surface area contributed by atoms with Gasteiger partial charge in [-0.2, -0.15) is 0 Å². The van der Waals surface area contributed by atoms with E-state index in [1.54, 1.807) is 6.20 Å². The maximum Gasteiger partial charge on any atom is 0.255 e. The van der Waals surface area contributed by atoms with Crippen molar-refractivity contribution in [3.8, 4) is 0 Å². The molecule has 1 fully saturated rings. The lowest BCUT2D eigenvalue weighted by atomic mass is 10.0. The Morgan fingerprint density at radius 3 is 2.58 bits per heavy atom. The molecule has 5 nitrogen and oxygen atoms in total. The Morgan fingerprint density at radius 2 is 1.84 bits per heavy atom. The monoisotopic (exact) mass is 480 g/mol. The minimum Gasteiger partial charge on any atom is -0.354 e. The van der Waals surface area contributed by atoms with Crippen molar-refractivity contribution in [2.45, 2.75) is 32.7 Å². The van der Waals surface area contributed by atoms with Crippen LogP contribution in [-0.2, 0) is 0 Å². The number of rotatable bonds is 6. The van der Waals surface area contributed by atoms with Gasteiger partial charge in [-0.15, -0.1) is 0 Å². The molecule has 2 aromatic carbocycles. The molecule has 0 unspecified atom stereocenters. The lowest BCUT2D eigenvalue weighted by molar-refractivity contribution is 0.0632. The molecule has 1 N–H and O–H groups in total. The molecule has 162 valence electrons. The van der Waals surface area contributed by atoms with Gasteiger partial charge in [-0.1, -0.05) is 41.9 Å². The van der Waals surface area contributed by atoms with Crippen molar-refractivity contribution in [2.75, 3.05) is 31.5 Å². The molecule has 1 aliphatic heterocycles. The van der Waals surface area contributed by atoms with Gasteiger partial charge in [0.1, 0.15) is 0 Å². The highest BCUT2D eigenvalue weighted by molar-refractivity contribution is 9.10. The average Bonchev–Trinajstić information content (AvgIpc) is 2.80. The van der Waals surface area contributed by atoms with E-state index in [1.165, 1.54) is 0 Å². The van der Waals surface area contributed by atoms with Gasteiger partial charge in [-0.05, 0) is 62.3 Å². The van der Waals surface area contributed by atoms with E-state index in [0.717, 1.165) is 65.8 Å². The van der Waals surface area contributed by atoms with Crippen LogP contribution in [0.4, 0.5) is 11.4 Å². The Hall–Kier alpha value is -2.44. The molecule has 0 bridgehead atoms. The highest BCUT2D eigenvalue weighted by Gasteiger charge is 2.27. The number of nitrogens with zero attached hydrogens (tertiary/aromatic N) is 3. The maximum atomic E-state index is 13.4. The summed E-state index contributed by atoms with van der Waals surface area (Å²) in [5, 5.41) is 4.51. The molecular formula is C25H29BrN4O. The van der Waals surface area contributed by atoms with Crippen molar-refractivity contribution < 1.29 is 4.79 Å². The number of fused-ring (bicyclic) bond motifs is 1. The quantitative estimate of drug-likeness (QED) is 0.492. The molecule has 2 heterocycles. The van der Waals surface area contributed by atoms with Gasteiger partial charge in [0.05, 0.1) is 16.8 Å². The van der Waals surface area contributed by atoms with Gasteiger partial charge in [0.15, 0.2) is 0 Å². The van der Waals surface area contributed by atoms with Crippen LogP contribution in [0.3, 0.4) is 0 Å². The van der Waals surface area contributed by atoms with Gasteiger partial charge in [0.2, 0.25) is 0 Å². The fourth-order valence-corrected chi connectivity index (χ4v) is 4.85. The number of hydrogen-bond donors (Lipinski definition) is 1. The predicted molar refractivity (Wildman–Crippen MR) is 131 cm³/mol. The summed E-state index contributed by atoms with van der Waals surface area (Å²) in [7, 11) is 0. The van der Waals surface area contributed by atoms with Crippen LogP contribution in [0.2, 0.25) is 0 Å². The highest BCUT2D eigenvalue weighted by Crippen LogP contribution is 2.29. The minimum atomic E-state index is 0.0993. The van der Waals surface area contributed by atoms with Crippen molar-refractivity contribution in [3.63, 3.8) is 0 Å². The lowest BCUT2D eigenvalue weighted by Crippen LogP contribution is -2.46. The molecule has 31 heavy (non-hydrogen) atoms. The predicted octanol–water partition coefficient (Wildman–Crippen LogP) is 5.69. The third-order valence-corrected chi connectivity index (χ3v) is 6.71. The Balaban J connectivity index is 1.54. The third-order valence-electron chi connectivity index (χ3n) is 6.21. The molecular weight excluding hydrogens is 452 g/mol. The van der Waals surface area contributed by atoms with Crippen LogP contribution in [0.1, 0.15) is 37.0 Å². The van der Waals surface area contributed by atoms with Crippen LogP contribution >= 0.6 is 15.9 Å². The fourth-order valence-electron chi connectivity index (χ4n) is 4.50. The van der Waals surface area contributed by atoms with Crippen molar-refractivity contribution in [1.29, 1.82) is 0 Å². The summed E-state index contributed by atoms with van der Waals surface area (Å²) in [6.45, 7) is 8.17. The van der Waals surface area contributed by atoms with Crippen LogP contribution in [0, 0.1) is 0 Å². The minimum absolute atomic E-state index is 0.0993. The number of pyridine rings is 1. The van der Waals surface area contributed by atoms with Crippen LogP contribution in [0.15, 0.2) is 59.2 Å². The smallest absolute Gasteiger partial charge is 0.255 e. The number of carbonyl (C=O) groups is 1. The van der Waals surface area contributed by atoms with Gasteiger partial charge in [0, 0.05) is 40.9 Å². The van der Waals surface area contributed by atoms with E-state index >= 15 is 0 Å². The second-order valence-electron chi connectivity index (χ2n) is 7.94. The number of amides is 1. The molecule has 0 atom stereocenters. The Kier molecular flexibility index (Phi) is 6.88. The van der Waals surface area contributed by atoms with Crippen molar-refractivity contribution in [1.82, 2.24) is 14.8 Å². The molecule has 4 rings (SSSR count). The molecule has 0 radical (unpaired) electrons. The van der Waals surface area contributed by atoms with Crippen molar-refractivity contribution >= 4 is 44.1 Å². The number of nitrogens with one attached hydrogen (secondary N) is 1. The first kappa shape index (κ1) is 21.8. The number of piperidine rings is 1. The second kappa shape index (κ2) is 9.79. The van der Waals surface area contributed by atoms with Crippen LogP contribution in [0.5, 0.6) is 0 Å². The molecule has 0 saturated carbocycles. The van der Waals surface area contributed by atoms with Gasteiger partial charge < -0.3 is 15.1 Å². The van der Waals surface area contributed by atoms with Crippen molar-refractivity contribution in [2.24, 2.45) is 0 Å². The average molecular weight is 481 g/mol. The largest absolute Gasteiger partial charge is 0.354 e. The first-order chi connectivity index (χ1) is 15.1. The standard InChI is InChI=1S/C25H29BrN4O/c1-3-29(4-2)19-12-15-30(16-13-19)25(31)21-7-5-6-8-22(21)28-23-11-14-27-24-17-18(26)9-10-20(23)24/h5-11,14,17,19H,3-4,12-13,15-16H2,1-2H3,(H,27,28). The molecule has 3 aromatic rings. The van der Waals surface area contributed by atoms with Gasteiger partial charge in [-0.3, -0.25) is 9.78 Å². The lowest BCUT2D eigenvalue weighted by Gasteiger charge is -2.38. The number of anilines is 2. The van der Waals surface area contributed by atoms with Crippen LogP contribution in [0.25, 0.3) is 10.9 Å². The second-order valence-corrected chi connectivity index (χ2v) is 8.85. The third kappa shape index (κ3) is 4.75. The molecule has 0 spiro atoms. The molecule has 1 saturated heterocycles. The summed E-state index contributed by atoms with van der Waals surface area (Å²) >= 11 is 3.51. The summed E-state index contributed by atoms with van der Waals surface area (Å²) in [6.07, 6.45) is 3.86. The number of halogens is 1. The maximum absolute atomic E-state index is 13.4. The number of carbonyl (C=O) groups excluding carboxylic acids is 1. The SMILES string of the molecule is CCN(CC)C1CCN(C(=O)c2ccccc2Nc2ccnc3cc(Br)ccc23)CC1. The highest BCUT2D eigenvalue weighted by atomic mass is 79.9. The van der Waals surface area contributed by atoms with Crippen LogP contribution in [-0.4, -0.2) is 52.9 Å². The Labute approximate surface area is 192 Å². The Morgan fingerprint density at radius 1 is 1.10 bits per heavy atom. The van der Waals surface area contributed by atoms with Crippen molar-refractivity contribution in [3.05, 3.63) is 64.8 Å². The summed E-state index contributed by atoms with van der Waals surface area (Å²) in [4.78, 5) is 22.4. The van der Waals surface area contributed by atoms with Gasteiger partial charge >= 0.3 is 0 Å². The molecule has 1 amide bonds. The van der Waals surface area contributed by atoms with E-state index in [0.29, 0.717) is 11.6 Å². The van der Waals surface area contributed by atoms with E-state index in [4.69, 9.17) is 0 Å². The summed E-state index contributed by atoms with van der Waals surface area (Å²) in [5.74, 6) is 0.0993. The summed E-state index contributed by atoms with van der Waals surface area (Å²) < 4.78 is 0.994. The number of hydrogen-bond acceptors (Lipinski definition) is 4. The van der Waals surface area contributed by atoms with E-state index in [1.807, 2.05) is 53.4 Å². The van der Waals surface area contributed by atoms with E-state index in [2.05, 4.69) is 45.0 Å². The zero-order chi connectivity index (χ0) is 21.8. The number of aromatic nitrogens is 1. The topological polar surface area (TPSA) is 48.5 Å². The zero-order valence-corrected chi connectivity index (χ0v) is 19.7. The van der Waals surface area contributed by atoms with E-state index in [9.17, 15) is 4.79 Å².